The average Bonchev–Trinajstić information content (AvgIpc) is 2.47. The van der Waals surface area contributed by atoms with Crippen molar-refractivity contribution in [2.75, 3.05) is 24.3 Å². The topological polar surface area (TPSA) is 75.5 Å². The van der Waals surface area contributed by atoms with E-state index in [2.05, 4.69) is 5.32 Å². The van der Waals surface area contributed by atoms with Gasteiger partial charge >= 0.3 is 0 Å². The van der Waals surface area contributed by atoms with E-state index in [1.807, 2.05) is 31.1 Å². The standard InChI is InChI=1S/C15H15N3O3/c1-17(2)12-9-7-11(8-10-12)16-15(19)13-5-3-4-6-14(13)18(20)21/h3-10H,1-2H3,(H,16,19). The molecule has 2 rings (SSSR count). The molecule has 0 bridgehead atoms. The second-order valence-corrected chi connectivity index (χ2v) is 4.67. The van der Waals surface area contributed by atoms with Crippen LogP contribution in [0, 0.1) is 10.1 Å². The Morgan fingerprint density at radius 1 is 1.10 bits per heavy atom. The molecule has 0 aliphatic carbocycles. The zero-order chi connectivity index (χ0) is 15.4. The highest BCUT2D eigenvalue weighted by molar-refractivity contribution is 6.07. The van der Waals surface area contributed by atoms with Crippen LogP contribution in [0.2, 0.25) is 0 Å². The van der Waals surface area contributed by atoms with Crippen LogP contribution in [-0.2, 0) is 0 Å². The molecule has 0 saturated heterocycles. The maximum Gasteiger partial charge on any atom is 0.282 e. The van der Waals surface area contributed by atoms with Crippen LogP contribution < -0.4 is 10.2 Å². The molecule has 6 heteroatoms. The lowest BCUT2D eigenvalue weighted by Gasteiger charge is -2.13. The van der Waals surface area contributed by atoms with Crippen molar-refractivity contribution >= 4 is 23.0 Å². The molecule has 0 fully saturated rings. The van der Waals surface area contributed by atoms with Gasteiger partial charge in [-0.2, -0.15) is 0 Å². The van der Waals surface area contributed by atoms with Crippen molar-refractivity contribution in [3.63, 3.8) is 0 Å². The third-order valence-electron chi connectivity index (χ3n) is 2.99. The lowest BCUT2D eigenvalue weighted by molar-refractivity contribution is -0.385. The summed E-state index contributed by atoms with van der Waals surface area (Å²) in [4.78, 5) is 24.4. The van der Waals surface area contributed by atoms with Crippen LogP contribution in [0.3, 0.4) is 0 Å². The first-order valence-corrected chi connectivity index (χ1v) is 6.31. The highest BCUT2D eigenvalue weighted by Gasteiger charge is 2.19. The fraction of sp³-hybridized carbons (Fsp3) is 0.133. The predicted molar refractivity (Wildman–Crippen MR) is 81.8 cm³/mol. The molecule has 1 amide bonds. The molecule has 2 aromatic carbocycles. The van der Waals surface area contributed by atoms with Crippen LogP contribution in [0.1, 0.15) is 10.4 Å². The lowest BCUT2D eigenvalue weighted by Crippen LogP contribution is -2.14. The zero-order valence-corrected chi connectivity index (χ0v) is 11.7. The van der Waals surface area contributed by atoms with Gasteiger partial charge in [-0.05, 0) is 30.3 Å². The Labute approximate surface area is 122 Å². The van der Waals surface area contributed by atoms with E-state index in [-0.39, 0.29) is 11.3 Å². The smallest absolute Gasteiger partial charge is 0.282 e. The molecular weight excluding hydrogens is 270 g/mol. The molecule has 0 aromatic heterocycles. The predicted octanol–water partition coefficient (Wildman–Crippen LogP) is 2.91. The van der Waals surface area contributed by atoms with Crippen molar-refractivity contribution in [3.8, 4) is 0 Å². The van der Waals surface area contributed by atoms with Gasteiger partial charge in [0.2, 0.25) is 0 Å². The van der Waals surface area contributed by atoms with Gasteiger partial charge in [0, 0.05) is 31.5 Å². The molecule has 0 heterocycles. The Kier molecular flexibility index (Phi) is 4.18. The summed E-state index contributed by atoms with van der Waals surface area (Å²) < 4.78 is 0. The number of nitro groups is 1. The van der Waals surface area contributed by atoms with Gasteiger partial charge in [0.05, 0.1) is 4.92 Å². The molecule has 0 saturated carbocycles. The van der Waals surface area contributed by atoms with Gasteiger partial charge in [-0.15, -0.1) is 0 Å². The maximum absolute atomic E-state index is 12.1. The normalized spacial score (nSPS) is 10.0. The summed E-state index contributed by atoms with van der Waals surface area (Å²) in [6, 6.07) is 13.1. The van der Waals surface area contributed by atoms with Gasteiger partial charge in [0.25, 0.3) is 11.6 Å². The van der Waals surface area contributed by atoms with Crippen LogP contribution in [0.4, 0.5) is 17.1 Å². The van der Waals surface area contributed by atoms with Gasteiger partial charge in [0.1, 0.15) is 5.56 Å². The van der Waals surface area contributed by atoms with Crippen molar-refractivity contribution < 1.29 is 9.72 Å². The van der Waals surface area contributed by atoms with Crippen molar-refractivity contribution in [2.45, 2.75) is 0 Å². The monoisotopic (exact) mass is 285 g/mol. The number of amides is 1. The van der Waals surface area contributed by atoms with E-state index < -0.39 is 10.8 Å². The average molecular weight is 285 g/mol. The van der Waals surface area contributed by atoms with Gasteiger partial charge in [0.15, 0.2) is 0 Å². The van der Waals surface area contributed by atoms with Gasteiger partial charge < -0.3 is 10.2 Å². The number of nitrogens with zero attached hydrogens (tertiary/aromatic N) is 2. The fourth-order valence-corrected chi connectivity index (χ4v) is 1.87. The quantitative estimate of drug-likeness (QED) is 0.692. The lowest BCUT2D eigenvalue weighted by atomic mass is 10.1. The summed E-state index contributed by atoms with van der Waals surface area (Å²) in [5, 5.41) is 13.6. The maximum atomic E-state index is 12.1. The van der Waals surface area contributed by atoms with Crippen LogP contribution in [-0.4, -0.2) is 24.9 Å². The number of nitro benzene ring substituents is 1. The van der Waals surface area contributed by atoms with Crippen LogP contribution in [0.5, 0.6) is 0 Å². The van der Waals surface area contributed by atoms with Gasteiger partial charge in [-0.25, -0.2) is 0 Å². The third-order valence-corrected chi connectivity index (χ3v) is 2.99. The Hall–Kier alpha value is -2.89. The minimum atomic E-state index is -0.565. The second-order valence-electron chi connectivity index (χ2n) is 4.67. The first-order valence-electron chi connectivity index (χ1n) is 6.31. The molecular formula is C15H15N3O3. The SMILES string of the molecule is CN(C)c1ccc(NC(=O)c2ccccc2[N+](=O)[O-])cc1. The molecule has 0 spiro atoms. The summed E-state index contributed by atoms with van der Waals surface area (Å²) in [5.74, 6) is -0.500. The number of para-hydroxylation sites is 1. The van der Waals surface area contributed by atoms with Gasteiger partial charge in [-0.1, -0.05) is 12.1 Å². The number of hydrogen-bond acceptors (Lipinski definition) is 4. The molecule has 1 N–H and O–H groups in total. The Morgan fingerprint density at radius 3 is 2.29 bits per heavy atom. The summed E-state index contributed by atoms with van der Waals surface area (Å²) in [5.41, 5.74) is 1.42. The molecule has 6 nitrogen and oxygen atoms in total. The van der Waals surface area contributed by atoms with Crippen molar-refractivity contribution in [3.05, 3.63) is 64.2 Å². The van der Waals surface area contributed by atoms with Crippen LogP contribution in [0.25, 0.3) is 0 Å². The van der Waals surface area contributed by atoms with Crippen LogP contribution >= 0.6 is 0 Å². The number of carbonyl (C=O) groups is 1. The molecule has 108 valence electrons. The number of benzene rings is 2. The number of nitrogens with one attached hydrogen (secondary N) is 1. The Morgan fingerprint density at radius 2 is 1.71 bits per heavy atom. The molecule has 21 heavy (non-hydrogen) atoms. The van der Waals surface area contributed by atoms with Crippen molar-refractivity contribution in [1.82, 2.24) is 0 Å². The van der Waals surface area contributed by atoms with E-state index in [0.717, 1.165) is 5.69 Å². The summed E-state index contributed by atoms with van der Waals surface area (Å²) >= 11 is 0. The summed E-state index contributed by atoms with van der Waals surface area (Å²) in [6.45, 7) is 0. The summed E-state index contributed by atoms with van der Waals surface area (Å²) in [6.07, 6.45) is 0. The molecule has 0 atom stereocenters. The number of hydrogen-bond donors (Lipinski definition) is 1. The minimum absolute atomic E-state index is 0.0409. The highest BCUT2D eigenvalue weighted by atomic mass is 16.6. The van der Waals surface area contributed by atoms with Crippen molar-refractivity contribution in [1.29, 1.82) is 0 Å². The second kappa shape index (κ2) is 6.04. The molecule has 0 aliphatic heterocycles. The highest BCUT2D eigenvalue weighted by Crippen LogP contribution is 2.20. The number of rotatable bonds is 4. The third kappa shape index (κ3) is 3.36. The van der Waals surface area contributed by atoms with Crippen LogP contribution in [0.15, 0.2) is 48.5 Å². The van der Waals surface area contributed by atoms with E-state index in [0.29, 0.717) is 5.69 Å². The number of carbonyl (C=O) groups excluding carboxylic acids is 1. The molecule has 0 radical (unpaired) electrons. The fourth-order valence-electron chi connectivity index (χ4n) is 1.87. The molecule has 2 aromatic rings. The van der Waals surface area contributed by atoms with E-state index in [4.69, 9.17) is 0 Å². The van der Waals surface area contributed by atoms with E-state index in [1.54, 1.807) is 18.2 Å². The van der Waals surface area contributed by atoms with Gasteiger partial charge in [-0.3, -0.25) is 14.9 Å². The summed E-state index contributed by atoms with van der Waals surface area (Å²) in [7, 11) is 3.84. The Balaban J connectivity index is 2.20. The molecule has 0 unspecified atom stereocenters. The minimum Gasteiger partial charge on any atom is -0.378 e. The molecule has 0 aliphatic rings. The van der Waals surface area contributed by atoms with Crippen molar-refractivity contribution in [2.24, 2.45) is 0 Å². The Bertz CT molecular complexity index is 666. The number of anilines is 2. The van der Waals surface area contributed by atoms with E-state index >= 15 is 0 Å². The van der Waals surface area contributed by atoms with E-state index in [9.17, 15) is 14.9 Å². The first kappa shape index (κ1) is 14.5. The largest absolute Gasteiger partial charge is 0.378 e. The van der Waals surface area contributed by atoms with E-state index in [1.165, 1.54) is 18.2 Å². The zero-order valence-electron chi connectivity index (χ0n) is 11.7. The first-order chi connectivity index (χ1) is 9.99.